The van der Waals surface area contributed by atoms with Crippen molar-refractivity contribution in [1.29, 1.82) is 0 Å². The Morgan fingerprint density at radius 1 is 0.312 bits per heavy atom. The maximum absolute atomic E-state index is 6.68. The molecule has 0 aliphatic rings. The summed E-state index contributed by atoms with van der Waals surface area (Å²) in [4.78, 5) is 0. The Bertz CT molecular complexity index is 3790. The van der Waals surface area contributed by atoms with E-state index in [4.69, 9.17) is 4.42 Å². The summed E-state index contributed by atoms with van der Waals surface area (Å²) in [5, 5.41) is 12.5. The first-order valence-corrected chi connectivity index (χ1v) is 24.0. The van der Waals surface area contributed by atoms with Crippen molar-refractivity contribution in [2.75, 3.05) is 0 Å². The largest absolute Gasteiger partial charge is 0.455 e. The molecular weight excluding hydrogens is 793 g/mol. The van der Waals surface area contributed by atoms with Gasteiger partial charge in [-0.2, -0.15) is 0 Å². The first-order chi connectivity index (χ1) is 31.8. The first kappa shape index (κ1) is 36.5. The van der Waals surface area contributed by atoms with Crippen LogP contribution in [0.25, 0.3) is 88.1 Å². The van der Waals surface area contributed by atoms with Gasteiger partial charge in [0.25, 0.3) is 0 Å². The Morgan fingerprint density at radius 2 is 0.797 bits per heavy atom. The van der Waals surface area contributed by atoms with Gasteiger partial charge in [0.2, 0.25) is 0 Å². The lowest BCUT2D eigenvalue weighted by Gasteiger charge is -2.34. The molecule has 3 aromatic heterocycles. The van der Waals surface area contributed by atoms with Crippen LogP contribution in [0.15, 0.2) is 247 Å². The van der Waals surface area contributed by atoms with E-state index in [-0.39, 0.29) is 0 Å². The van der Waals surface area contributed by atoms with E-state index in [0.717, 1.165) is 55.5 Å². The minimum atomic E-state index is -2.69. The number of para-hydroxylation sites is 5. The first-order valence-electron chi connectivity index (χ1n) is 22.0. The Kier molecular flexibility index (Phi) is 8.23. The minimum Gasteiger partial charge on any atom is -0.455 e. The Balaban J connectivity index is 1.06. The van der Waals surface area contributed by atoms with Crippen LogP contribution >= 0.6 is 0 Å². The van der Waals surface area contributed by atoms with Crippen LogP contribution in [0.4, 0.5) is 0 Å². The van der Waals surface area contributed by atoms with Crippen molar-refractivity contribution in [2.24, 2.45) is 0 Å². The van der Waals surface area contributed by atoms with Crippen molar-refractivity contribution in [3.8, 4) is 22.5 Å². The molecule has 3 nitrogen and oxygen atoms in total. The maximum Gasteiger partial charge on any atom is 0.179 e. The van der Waals surface area contributed by atoms with E-state index in [1.807, 2.05) is 6.07 Å². The monoisotopic (exact) mass is 832 g/mol. The Labute approximate surface area is 371 Å². The second kappa shape index (κ2) is 14.5. The molecule has 64 heavy (non-hydrogen) atoms. The number of hydrogen-bond donors (Lipinski definition) is 0. The molecule has 0 saturated heterocycles. The van der Waals surface area contributed by atoms with Crippen molar-refractivity contribution in [2.45, 2.75) is 0 Å². The lowest BCUT2D eigenvalue weighted by atomic mass is 9.99. The fourth-order valence-corrected chi connectivity index (χ4v) is 15.6. The minimum absolute atomic E-state index is 0.900. The van der Waals surface area contributed by atoms with Crippen LogP contribution in [0.1, 0.15) is 0 Å². The van der Waals surface area contributed by atoms with Crippen LogP contribution < -0.4 is 20.7 Å². The highest BCUT2D eigenvalue weighted by Gasteiger charge is 2.41. The molecule has 0 fully saturated rings. The van der Waals surface area contributed by atoms with Crippen LogP contribution in [0.5, 0.6) is 0 Å². The molecule has 0 radical (unpaired) electrons. The van der Waals surface area contributed by atoms with Crippen LogP contribution in [-0.4, -0.2) is 17.2 Å². The van der Waals surface area contributed by atoms with Gasteiger partial charge in [-0.3, -0.25) is 0 Å². The van der Waals surface area contributed by atoms with Gasteiger partial charge < -0.3 is 13.6 Å². The van der Waals surface area contributed by atoms with E-state index in [9.17, 15) is 0 Å². The number of hydrogen-bond acceptors (Lipinski definition) is 1. The lowest BCUT2D eigenvalue weighted by Crippen LogP contribution is -2.74. The molecule has 0 unspecified atom stereocenters. The summed E-state index contributed by atoms with van der Waals surface area (Å²) in [7, 11) is -2.69. The van der Waals surface area contributed by atoms with E-state index in [0.29, 0.717) is 0 Å². The molecule has 0 aliphatic heterocycles. The molecule has 0 atom stereocenters. The van der Waals surface area contributed by atoms with Crippen molar-refractivity contribution < 1.29 is 4.42 Å². The van der Waals surface area contributed by atoms with Crippen LogP contribution in [0.3, 0.4) is 0 Å². The summed E-state index contributed by atoms with van der Waals surface area (Å²) in [6.45, 7) is 0. The highest BCUT2D eigenvalue weighted by molar-refractivity contribution is 7.19. The molecule has 13 rings (SSSR count). The lowest BCUT2D eigenvalue weighted by molar-refractivity contribution is 0.670. The normalized spacial score (nSPS) is 12.1. The van der Waals surface area contributed by atoms with E-state index in [1.54, 1.807) is 0 Å². The number of aromatic nitrogens is 2. The molecule has 0 N–H and O–H groups in total. The second-order valence-electron chi connectivity index (χ2n) is 16.8. The van der Waals surface area contributed by atoms with Crippen molar-refractivity contribution in [3.05, 3.63) is 243 Å². The van der Waals surface area contributed by atoms with Gasteiger partial charge in [0, 0.05) is 49.1 Å². The zero-order chi connectivity index (χ0) is 42.2. The van der Waals surface area contributed by atoms with Crippen molar-refractivity contribution in [3.63, 3.8) is 0 Å². The van der Waals surface area contributed by atoms with Gasteiger partial charge in [-0.05, 0) is 63.2 Å². The fraction of sp³-hybridized carbons (Fsp3) is 0. The van der Waals surface area contributed by atoms with Gasteiger partial charge in [-0.1, -0.05) is 200 Å². The highest BCUT2D eigenvalue weighted by Crippen LogP contribution is 2.44. The van der Waals surface area contributed by atoms with Crippen LogP contribution in [0.2, 0.25) is 0 Å². The number of furan rings is 1. The van der Waals surface area contributed by atoms with E-state index < -0.39 is 8.07 Å². The number of rotatable bonds is 7. The molecule has 10 aromatic carbocycles. The number of nitrogens with zero attached hydrogens (tertiary/aromatic N) is 2. The molecule has 0 aliphatic carbocycles. The number of fused-ring (bicyclic) bond motifs is 9. The summed E-state index contributed by atoms with van der Waals surface area (Å²) in [6, 6.07) is 89.1. The Morgan fingerprint density at radius 3 is 1.47 bits per heavy atom. The molecule has 300 valence electrons. The van der Waals surface area contributed by atoms with Gasteiger partial charge in [0.05, 0.1) is 27.8 Å². The molecule has 0 spiro atoms. The van der Waals surface area contributed by atoms with E-state index >= 15 is 0 Å². The summed E-state index contributed by atoms with van der Waals surface area (Å²) in [5.74, 6) is 0. The zero-order valence-corrected chi connectivity index (χ0v) is 35.9. The molecular formula is C60H40N2OSi. The number of benzene rings is 10. The summed E-state index contributed by atoms with van der Waals surface area (Å²) in [5.41, 5.74) is 11.0. The van der Waals surface area contributed by atoms with Gasteiger partial charge in [0.15, 0.2) is 8.07 Å². The average Bonchev–Trinajstić information content (AvgIpc) is 4.04. The summed E-state index contributed by atoms with van der Waals surface area (Å²) >= 11 is 0. The molecule has 13 aromatic rings. The molecule has 0 bridgehead atoms. The maximum atomic E-state index is 6.68. The van der Waals surface area contributed by atoms with Crippen molar-refractivity contribution >= 4 is 94.4 Å². The van der Waals surface area contributed by atoms with Crippen LogP contribution in [0, 0.1) is 0 Å². The van der Waals surface area contributed by atoms with Gasteiger partial charge in [0.1, 0.15) is 11.2 Å². The quantitative estimate of drug-likeness (QED) is 0.116. The second-order valence-corrected chi connectivity index (χ2v) is 20.6. The highest BCUT2D eigenvalue weighted by atomic mass is 28.3. The fourth-order valence-electron chi connectivity index (χ4n) is 10.8. The van der Waals surface area contributed by atoms with Gasteiger partial charge >= 0.3 is 0 Å². The predicted octanol–water partition coefficient (Wildman–Crippen LogP) is 12.8. The molecule has 0 saturated carbocycles. The third kappa shape index (κ3) is 5.27. The third-order valence-electron chi connectivity index (χ3n) is 13.5. The van der Waals surface area contributed by atoms with Gasteiger partial charge in [-0.25, -0.2) is 0 Å². The SMILES string of the molecule is c1ccc([Si](c2ccccc2)(c2ccccc2)c2ccc(-n3c4ccccc4c4c(-n5c6ccccc6c6cccc(-c7cccc8c7oc7ccccc78)c65)cccc43)cc2)cc1. The smallest absolute Gasteiger partial charge is 0.179 e. The zero-order valence-electron chi connectivity index (χ0n) is 34.9. The predicted molar refractivity (Wildman–Crippen MR) is 271 cm³/mol. The van der Waals surface area contributed by atoms with Crippen molar-refractivity contribution in [1.82, 2.24) is 9.13 Å². The topological polar surface area (TPSA) is 23.0 Å². The standard InChI is InChI=1S/C60H40N2OSi/c1-4-19-42(20-5-1)64(43-21-6-2-7-22-43,44-23-8-3-9-24-44)45-39-37-41(38-40-45)61-54-33-14-11-27-52(54)58-55(61)34-18-35-56(58)62-53-32-13-10-25-46(53)48-28-16-29-49(59(48)62)51-31-17-30-50-47-26-12-15-36-57(47)63-60(50)51/h1-40H. The van der Waals surface area contributed by atoms with Crippen LogP contribution in [-0.2, 0) is 0 Å². The molecule has 4 heteroatoms. The summed E-state index contributed by atoms with van der Waals surface area (Å²) in [6.07, 6.45) is 0. The molecule has 3 heterocycles. The van der Waals surface area contributed by atoms with Gasteiger partial charge in [-0.15, -0.1) is 0 Å². The summed E-state index contributed by atoms with van der Waals surface area (Å²) < 4.78 is 11.6. The third-order valence-corrected chi connectivity index (χ3v) is 18.3. The van der Waals surface area contributed by atoms with E-state index in [1.165, 1.54) is 53.3 Å². The van der Waals surface area contributed by atoms with E-state index in [2.05, 4.69) is 246 Å². The average molecular weight is 833 g/mol. The molecule has 0 amide bonds. The Hall–Kier alpha value is -8.18.